The molecule has 0 saturated carbocycles. The largest absolute Gasteiger partial charge is 0.490 e. The van der Waals surface area contributed by atoms with E-state index in [1.807, 2.05) is 29.5 Å². The van der Waals surface area contributed by atoms with Crippen molar-refractivity contribution in [1.82, 2.24) is 5.32 Å². The van der Waals surface area contributed by atoms with Crippen LogP contribution in [0.4, 0.5) is 5.69 Å². The summed E-state index contributed by atoms with van der Waals surface area (Å²) in [5.74, 6) is -1.07. The number of amides is 2. The third-order valence-electron chi connectivity index (χ3n) is 5.26. The van der Waals surface area contributed by atoms with Gasteiger partial charge in [-0.3, -0.25) is 19.8 Å². The second-order valence-electron chi connectivity index (χ2n) is 7.91. The third kappa shape index (κ3) is 5.84. The fourth-order valence-corrected chi connectivity index (χ4v) is 5.64. The average molecular weight is 649 g/mol. The minimum Gasteiger partial charge on any atom is -0.490 e. The van der Waals surface area contributed by atoms with Crippen LogP contribution in [0, 0.1) is 10.5 Å². The van der Waals surface area contributed by atoms with Gasteiger partial charge in [-0.1, -0.05) is 35.9 Å². The number of para-hydroxylation sites is 1. The minimum atomic E-state index is -4.13. The summed E-state index contributed by atoms with van der Waals surface area (Å²) in [4.78, 5) is 27.2. The summed E-state index contributed by atoms with van der Waals surface area (Å²) in [5.41, 5.74) is 1.72. The van der Waals surface area contributed by atoms with E-state index in [2.05, 4.69) is 5.32 Å². The van der Waals surface area contributed by atoms with E-state index in [-0.39, 0.29) is 33.7 Å². The number of nitrogens with one attached hydrogen (secondary N) is 1. The number of rotatable bonds is 7. The molecule has 190 valence electrons. The number of nitrogens with zero attached hydrogens (tertiary/aromatic N) is 1. The van der Waals surface area contributed by atoms with Crippen molar-refractivity contribution in [2.75, 3.05) is 11.5 Å². The lowest BCUT2D eigenvalue weighted by molar-refractivity contribution is -0.122. The van der Waals surface area contributed by atoms with Crippen LogP contribution in [0.1, 0.15) is 18.1 Å². The molecule has 0 unspecified atom stereocenters. The first-order valence-electron chi connectivity index (χ1n) is 11.0. The number of ether oxygens (including phenoxy) is 1. The molecule has 4 rings (SSSR count). The van der Waals surface area contributed by atoms with Crippen LogP contribution >= 0.6 is 34.8 Å². The van der Waals surface area contributed by atoms with E-state index in [1.165, 1.54) is 29.2 Å². The summed E-state index contributed by atoms with van der Waals surface area (Å²) in [6.07, 6.45) is 1.40. The maximum atomic E-state index is 13.3. The van der Waals surface area contributed by atoms with E-state index < -0.39 is 21.9 Å². The van der Waals surface area contributed by atoms with Gasteiger partial charge in [-0.25, -0.2) is 0 Å². The van der Waals surface area contributed by atoms with Gasteiger partial charge in [0.25, 0.3) is 11.8 Å². The topological polar surface area (TPSA) is 102 Å². The summed E-state index contributed by atoms with van der Waals surface area (Å²) >= 11 is 7.15. The Balaban J connectivity index is 1.72. The number of anilines is 1. The second kappa shape index (κ2) is 11.0. The molecule has 8 nitrogen and oxygen atoms in total. The maximum absolute atomic E-state index is 13.3. The summed E-state index contributed by atoms with van der Waals surface area (Å²) in [7, 11) is -4.13. The van der Waals surface area contributed by atoms with Crippen molar-refractivity contribution >= 4 is 73.6 Å². The summed E-state index contributed by atoms with van der Waals surface area (Å²) in [5, 5.41) is 2.52. The minimum absolute atomic E-state index is 0.00369. The van der Waals surface area contributed by atoms with E-state index in [0.717, 1.165) is 5.56 Å². The molecule has 3 aromatic carbocycles. The number of hydrogen-bond acceptors (Lipinski definition) is 7. The average Bonchev–Trinajstić information content (AvgIpc) is 2.85. The summed E-state index contributed by atoms with van der Waals surface area (Å²) < 4.78 is 37.3. The molecular weight excluding hydrogens is 627 g/mol. The molecule has 0 bridgehead atoms. The van der Waals surface area contributed by atoms with Gasteiger partial charge in [0, 0.05) is 0 Å². The van der Waals surface area contributed by atoms with Gasteiger partial charge in [0.15, 0.2) is 16.6 Å². The Morgan fingerprint density at radius 2 is 1.73 bits per heavy atom. The number of hydrogen-bond donors (Lipinski definition) is 1. The number of halogens is 1. The molecule has 0 atom stereocenters. The van der Waals surface area contributed by atoms with Crippen molar-refractivity contribution in [2.24, 2.45) is 0 Å². The van der Waals surface area contributed by atoms with Crippen LogP contribution in [0.15, 0.2) is 77.2 Å². The second-order valence-corrected chi connectivity index (χ2v) is 11.0. The van der Waals surface area contributed by atoms with Crippen LogP contribution in [-0.4, -0.2) is 32.0 Å². The fraction of sp³-hybridized carbons (Fsp3) is 0.115. The molecule has 1 heterocycles. The zero-order chi connectivity index (χ0) is 26.7. The first-order chi connectivity index (χ1) is 17.6. The Hall–Kier alpha value is -3.29. The fourth-order valence-electron chi connectivity index (χ4n) is 3.51. The van der Waals surface area contributed by atoms with Crippen molar-refractivity contribution in [3.63, 3.8) is 0 Å². The summed E-state index contributed by atoms with van der Waals surface area (Å²) in [6.45, 7) is 3.82. The lowest BCUT2D eigenvalue weighted by Gasteiger charge is -2.28. The quantitative estimate of drug-likeness (QED) is 0.132. The molecule has 1 aliphatic heterocycles. The molecule has 37 heavy (non-hydrogen) atoms. The highest BCUT2D eigenvalue weighted by atomic mass is 127. The molecule has 11 heteroatoms. The van der Waals surface area contributed by atoms with E-state index >= 15 is 0 Å². The highest BCUT2D eigenvalue weighted by Gasteiger charge is 2.34. The zero-order valence-corrected chi connectivity index (χ0v) is 23.5. The Labute approximate surface area is 233 Å². The van der Waals surface area contributed by atoms with E-state index in [9.17, 15) is 18.0 Å². The van der Waals surface area contributed by atoms with Gasteiger partial charge in [0.2, 0.25) is 0 Å². The molecule has 1 N–H and O–H groups in total. The highest BCUT2D eigenvalue weighted by molar-refractivity contribution is 14.1. The van der Waals surface area contributed by atoms with E-state index in [0.29, 0.717) is 14.8 Å². The molecule has 0 radical (unpaired) electrons. The molecular formula is C26H21IN2O6S2. The SMILES string of the molecule is CCOc1cc(/C=C2/C(=O)NC(=S)N(c3ccccc3)C2=O)cc(I)c1OS(=O)(=O)c1ccc(C)cc1. The van der Waals surface area contributed by atoms with Crippen molar-refractivity contribution in [1.29, 1.82) is 0 Å². The molecule has 1 saturated heterocycles. The third-order valence-corrected chi connectivity index (χ3v) is 7.58. The zero-order valence-electron chi connectivity index (χ0n) is 19.7. The lowest BCUT2D eigenvalue weighted by atomic mass is 10.1. The Bertz CT molecular complexity index is 1520. The molecule has 0 spiro atoms. The number of carbonyl (C=O) groups excluding carboxylic acids is 2. The monoisotopic (exact) mass is 648 g/mol. The predicted octanol–water partition coefficient (Wildman–Crippen LogP) is 4.60. The van der Waals surface area contributed by atoms with E-state index in [1.54, 1.807) is 55.5 Å². The smallest absolute Gasteiger partial charge is 0.339 e. The van der Waals surface area contributed by atoms with Crippen molar-refractivity contribution in [3.05, 3.63) is 87.0 Å². The van der Waals surface area contributed by atoms with Crippen LogP contribution in [0.5, 0.6) is 11.5 Å². The molecule has 0 aromatic heterocycles. The maximum Gasteiger partial charge on any atom is 0.339 e. The highest BCUT2D eigenvalue weighted by Crippen LogP contribution is 2.37. The van der Waals surface area contributed by atoms with Crippen molar-refractivity contribution < 1.29 is 26.9 Å². The first-order valence-corrected chi connectivity index (χ1v) is 13.9. The molecule has 1 fully saturated rings. The predicted molar refractivity (Wildman–Crippen MR) is 152 cm³/mol. The number of carbonyl (C=O) groups is 2. The molecule has 1 aliphatic rings. The normalized spacial score (nSPS) is 15.1. The number of aryl methyl sites for hydroxylation is 1. The Kier molecular flexibility index (Phi) is 7.95. The van der Waals surface area contributed by atoms with Gasteiger partial charge in [-0.2, -0.15) is 8.42 Å². The molecule has 3 aromatic rings. The molecule has 2 amide bonds. The number of thiocarbonyl (C=S) groups is 1. The number of benzene rings is 3. The van der Waals surface area contributed by atoms with Crippen LogP contribution in [0.25, 0.3) is 6.08 Å². The summed E-state index contributed by atoms with van der Waals surface area (Å²) in [6, 6.07) is 18.1. The van der Waals surface area contributed by atoms with Crippen LogP contribution in [-0.2, 0) is 19.7 Å². The van der Waals surface area contributed by atoms with Gasteiger partial charge in [-0.15, -0.1) is 0 Å². The van der Waals surface area contributed by atoms with Crippen molar-refractivity contribution in [2.45, 2.75) is 18.7 Å². The Morgan fingerprint density at radius 3 is 2.38 bits per heavy atom. The first kappa shape index (κ1) is 26.8. The van der Waals surface area contributed by atoms with Gasteiger partial charge in [0.05, 0.1) is 15.9 Å². The molecule has 0 aliphatic carbocycles. The van der Waals surface area contributed by atoms with Crippen molar-refractivity contribution in [3.8, 4) is 11.5 Å². The Morgan fingerprint density at radius 1 is 1.05 bits per heavy atom. The standard InChI is InChI=1S/C26H21IN2O6S2/c1-3-34-22-15-17(14-21(27)23(22)35-37(32,33)19-11-9-16(2)10-12-19)13-20-24(30)28-26(36)29(25(20)31)18-7-5-4-6-8-18/h4-15H,3H2,1-2H3,(H,28,30,36)/b20-13-. The van der Waals surface area contributed by atoms with E-state index in [4.69, 9.17) is 21.1 Å². The van der Waals surface area contributed by atoms with Crippen LogP contribution in [0.2, 0.25) is 0 Å². The van der Waals surface area contributed by atoms with Gasteiger partial charge < -0.3 is 8.92 Å². The van der Waals surface area contributed by atoms with Gasteiger partial charge >= 0.3 is 10.1 Å². The van der Waals surface area contributed by atoms with Gasteiger partial charge in [0.1, 0.15) is 10.5 Å². The van der Waals surface area contributed by atoms with Crippen LogP contribution in [0.3, 0.4) is 0 Å². The lowest BCUT2D eigenvalue weighted by Crippen LogP contribution is -2.54. The van der Waals surface area contributed by atoms with Gasteiger partial charge in [-0.05, 0) is 96.7 Å². The van der Waals surface area contributed by atoms with Crippen LogP contribution < -0.4 is 19.1 Å².